The lowest BCUT2D eigenvalue weighted by Crippen LogP contribution is -2.26. The first kappa shape index (κ1) is 31.7. The molecule has 0 amide bonds. The number of hydrogen-bond donors (Lipinski definition) is 0. The van der Waals surface area contributed by atoms with Crippen LogP contribution in [0.4, 0.5) is 51.2 Å². The molecule has 276 valence electrons. The third-order valence-corrected chi connectivity index (χ3v) is 12.6. The highest BCUT2D eigenvalue weighted by Gasteiger charge is 2.39. The van der Waals surface area contributed by atoms with Crippen molar-refractivity contribution in [1.82, 2.24) is 0 Å². The highest BCUT2D eigenvalue weighted by atomic mass is 16.5. The Labute approximate surface area is 335 Å². The van der Waals surface area contributed by atoms with Gasteiger partial charge in [0, 0.05) is 33.4 Å². The molecule has 0 fully saturated rings. The number of furan rings is 1. The minimum atomic E-state index is 0.220. The lowest BCUT2D eigenvalue weighted by molar-refractivity contribution is 0.438. The molecule has 0 radical (unpaired) electrons. The van der Waals surface area contributed by atoms with E-state index in [1.807, 2.05) is 12.1 Å². The molecule has 4 aliphatic heterocycles. The van der Waals surface area contributed by atoms with Crippen LogP contribution >= 0.6 is 0 Å². The van der Waals surface area contributed by atoms with Crippen LogP contribution in [-0.4, -0.2) is 0 Å². The van der Waals surface area contributed by atoms with Crippen LogP contribution < -0.4 is 24.2 Å². The quantitative estimate of drug-likeness (QED) is 0.175. The van der Waals surface area contributed by atoms with E-state index in [1.54, 1.807) is 0 Å². The fraction of sp³-hybridized carbons (Fsp3) is 0.0769. The van der Waals surface area contributed by atoms with Crippen molar-refractivity contribution in [2.24, 2.45) is 0 Å². The smallest absolute Gasteiger partial charge is 0.153 e. The summed E-state index contributed by atoms with van der Waals surface area (Å²) in [6, 6.07) is 60.3. The van der Waals surface area contributed by atoms with Gasteiger partial charge in [-0.05, 0) is 126 Å². The number of nitrogens with zero attached hydrogens (tertiary/aromatic N) is 3. The van der Waals surface area contributed by atoms with E-state index < -0.39 is 0 Å². The van der Waals surface area contributed by atoms with Gasteiger partial charge in [0.05, 0.1) is 28.4 Å². The Morgan fingerprint density at radius 2 is 1.00 bits per heavy atom. The third-order valence-electron chi connectivity index (χ3n) is 12.6. The summed E-state index contributed by atoms with van der Waals surface area (Å²) in [6.07, 6.45) is 0.894. The zero-order valence-corrected chi connectivity index (χ0v) is 31.6. The summed E-state index contributed by atoms with van der Waals surface area (Å²) < 4.78 is 19.9. The molecule has 6 nitrogen and oxygen atoms in total. The molecular formula is C52H35N3O3. The summed E-state index contributed by atoms with van der Waals surface area (Å²) >= 11 is 0. The van der Waals surface area contributed by atoms with Crippen molar-refractivity contribution in [3.8, 4) is 23.0 Å². The second kappa shape index (κ2) is 11.8. The van der Waals surface area contributed by atoms with Crippen LogP contribution in [0, 0.1) is 0 Å². The summed E-state index contributed by atoms with van der Waals surface area (Å²) in [6.45, 7) is 2.37. The predicted molar refractivity (Wildman–Crippen MR) is 233 cm³/mol. The zero-order chi connectivity index (χ0) is 38.1. The van der Waals surface area contributed by atoms with Gasteiger partial charge in [-0.1, -0.05) is 79.7 Å². The van der Waals surface area contributed by atoms with Crippen LogP contribution in [0.1, 0.15) is 35.4 Å². The minimum absolute atomic E-state index is 0.220. The third kappa shape index (κ3) is 4.37. The van der Waals surface area contributed by atoms with Crippen molar-refractivity contribution in [1.29, 1.82) is 0 Å². The van der Waals surface area contributed by atoms with Gasteiger partial charge in [0.1, 0.15) is 28.4 Å². The predicted octanol–water partition coefficient (Wildman–Crippen LogP) is 15.0. The number of hydrogen-bond acceptors (Lipinski definition) is 6. The number of anilines is 9. The first-order chi connectivity index (χ1) is 28.7. The SMILES string of the molecule is CC1c2c3cccc2N(c2ccc4oc5ccc(N6c7ccccc7N7c8ccccc8Oc8cccc6c87)cc5c4c2)c2ccccc2C1Cc1ccccc1O3. The Morgan fingerprint density at radius 1 is 0.448 bits per heavy atom. The van der Waals surface area contributed by atoms with E-state index in [1.165, 1.54) is 22.4 Å². The standard InChI is InChI=1S/C52H35N3O3/c1-31-36-28-32-12-2-8-20-45(32)56-49-22-10-18-43(51(31)49)53(39-14-4-3-13-35(36)39)33-24-26-46-37(29-33)38-30-34(25-27-47(38)57-46)54-40-15-5-6-16-41(40)55-42-17-7-9-21-48(42)58-50-23-11-19-44(54)52(50)55/h2-27,29-31,36H,28H2,1H3. The Balaban J connectivity index is 0.996. The summed E-state index contributed by atoms with van der Waals surface area (Å²) in [7, 11) is 0. The average Bonchev–Trinajstić information content (AvgIpc) is 3.58. The summed E-state index contributed by atoms with van der Waals surface area (Å²) in [4.78, 5) is 7.13. The molecule has 0 saturated carbocycles. The summed E-state index contributed by atoms with van der Waals surface area (Å²) in [5, 5.41) is 2.12. The summed E-state index contributed by atoms with van der Waals surface area (Å²) in [5.74, 6) is 4.01. The lowest BCUT2D eigenvalue weighted by atomic mass is 9.78. The number of fused-ring (bicyclic) bond motifs is 11. The molecule has 0 N–H and O–H groups in total. The molecule has 2 bridgehead atoms. The van der Waals surface area contributed by atoms with Gasteiger partial charge in [0.15, 0.2) is 11.5 Å². The van der Waals surface area contributed by atoms with E-state index in [9.17, 15) is 0 Å². The minimum Gasteiger partial charge on any atom is -0.457 e. The van der Waals surface area contributed by atoms with E-state index in [2.05, 4.69) is 179 Å². The van der Waals surface area contributed by atoms with Gasteiger partial charge in [0.25, 0.3) is 0 Å². The maximum absolute atomic E-state index is 6.78. The van der Waals surface area contributed by atoms with Crippen molar-refractivity contribution in [2.45, 2.75) is 25.2 Å². The van der Waals surface area contributed by atoms with Gasteiger partial charge in [0.2, 0.25) is 0 Å². The van der Waals surface area contributed by atoms with Crippen LogP contribution in [0.2, 0.25) is 0 Å². The second-order valence-electron chi connectivity index (χ2n) is 15.7. The van der Waals surface area contributed by atoms with Gasteiger partial charge in [-0.15, -0.1) is 0 Å². The van der Waals surface area contributed by atoms with Gasteiger partial charge in [-0.25, -0.2) is 0 Å². The van der Waals surface area contributed by atoms with Crippen molar-refractivity contribution in [3.05, 3.63) is 187 Å². The number of ether oxygens (including phenoxy) is 2. The Bertz CT molecular complexity index is 3180. The van der Waals surface area contributed by atoms with E-state index >= 15 is 0 Å². The molecule has 2 unspecified atom stereocenters. The Morgan fingerprint density at radius 3 is 1.78 bits per heavy atom. The first-order valence-electron chi connectivity index (χ1n) is 20.0. The molecule has 58 heavy (non-hydrogen) atoms. The molecule has 8 aromatic carbocycles. The molecule has 6 heteroatoms. The maximum Gasteiger partial charge on any atom is 0.153 e. The van der Waals surface area contributed by atoms with Gasteiger partial charge in [-0.2, -0.15) is 0 Å². The fourth-order valence-corrected chi connectivity index (χ4v) is 10.1. The first-order valence-corrected chi connectivity index (χ1v) is 20.0. The van der Waals surface area contributed by atoms with Crippen molar-refractivity contribution in [2.75, 3.05) is 14.7 Å². The second-order valence-corrected chi connectivity index (χ2v) is 15.7. The number of benzene rings is 8. The highest BCUT2D eigenvalue weighted by Crippen LogP contribution is 2.62. The number of para-hydroxylation sites is 7. The summed E-state index contributed by atoms with van der Waals surface area (Å²) in [5.41, 5.74) is 15.2. The number of rotatable bonds is 2. The van der Waals surface area contributed by atoms with Crippen molar-refractivity contribution >= 4 is 73.1 Å². The Kier molecular flexibility index (Phi) is 6.45. The molecule has 13 rings (SSSR count). The van der Waals surface area contributed by atoms with Crippen LogP contribution in [-0.2, 0) is 6.42 Å². The molecule has 0 aliphatic carbocycles. The van der Waals surface area contributed by atoms with Crippen molar-refractivity contribution < 1.29 is 13.9 Å². The van der Waals surface area contributed by atoms with E-state index in [0.717, 1.165) is 96.9 Å². The molecule has 2 atom stereocenters. The molecule has 0 spiro atoms. The molecule has 1 aromatic heterocycles. The lowest BCUT2D eigenvalue weighted by Gasteiger charge is -2.43. The fourth-order valence-electron chi connectivity index (χ4n) is 10.1. The van der Waals surface area contributed by atoms with E-state index in [4.69, 9.17) is 13.9 Å². The van der Waals surface area contributed by atoms with Gasteiger partial charge in [-0.3, -0.25) is 4.90 Å². The Hall–Kier alpha value is -7.44. The average molecular weight is 750 g/mol. The van der Waals surface area contributed by atoms with Crippen molar-refractivity contribution in [3.63, 3.8) is 0 Å². The van der Waals surface area contributed by atoms with E-state index in [0.29, 0.717) is 0 Å². The topological polar surface area (TPSA) is 41.3 Å². The van der Waals surface area contributed by atoms with Crippen LogP contribution in [0.25, 0.3) is 21.9 Å². The van der Waals surface area contributed by atoms with Crippen LogP contribution in [0.3, 0.4) is 0 Å². The van der Waals surface area contributed by atoms with Crippen LogP contribution in [0.5, 0.6) is 23.0 Å². The molecule has 4 aliphatic rings. The van der Waals surface area contributed by atoms with Gasteiger partial charge < -0.3 is 23.7 Å². The van der Waals surface area contributed by atoms with Gasteiger partial charge >= 0.3 is 0 Å². The normalized spacial score (nSPS) is 16.8. The molecule has 9 aromatic rings. The molecular weight excluding hydrogens is 715 g/mol. The van der Waals surface area contributed by atoms with Crippen LogP contribution in [0.15, 0.2) is 174 Å². The van der Waals surface area contributed by atoms with E-state index in [-0.39, 0.29) is 11.8 Å². The molecule has 5 heterocycles. The monoisotopic (exact) mass is 749 g/mol. The maximum atomic E-state index is 6.78. The highest BCUT2D eigenvalue weighted by molar-refractivity contribution is 6.10. The zero-order valence-electron chi connectivity index (χ0n) is 31.6. The molecule has 0 saturated heterocycles. The largest absolute Gasteiger partial charge is 0.457 e.